The molecule has 4 heterocycles. The van der Waals surface area contributed by atoms with Crippen LogP contribution < -0.4 is 10.2 Å². The summed E-state index contributed by atoms with van der Waals surface area (Å²) in [5, 5.41) is 3.23. The largest absolute Gasteiger partial charge is 0.371 e. The second-order valence-corrected chi connectivity index (χ2v) is 6.34. The SMILES string of the molecule is Fc1cnc(N[C@H]2CO[C@]3(CCCN(c4ncccn4)C3)C2)nc1. The van der Waals surface area contributed by atoms with E-state index in [9.17, 15) is 4.39 Å². The number of hydrogen-bond acceptors (Lipinski definition) is 7. The molecular formula is C16H19FN6O. The van der Waals surface area contributed by atoms with E-state index in [4.69, 9.17) is 4.74 Å². The second kappa shape index (κ2) is 6.27. The van der Waals surface area contributed by atoms with E-state index in [-0.39, 0.29) is 11.6 Å². The van der Waals surface area contributed by atoms with Crippen molar-refractivity contribution in [1.82, 2.24) is 19.9 Å². The Morgan fingerprint density at radius 2 is 2.00 bits per heavy atom. The molecule has 8 heteroatoms. The first-order valence-corrected chi connectivity index (χ1v) is 8.12. The smallest absolute Gasteiger partial charge is 0.225 e. The van der Waals surface area contributed by atoms with Gasteiger partial charge in [0.25, 0.3) is 0 Å². The molecule has 0 aromatic carbocycles. The molecule has 24 heavy (non-hydrogen) atoms. The van der Waals surface area contributed by atoms with Gasteiger partial charge in [-0.1, -0.05) is 0 Å². The van der Waals surface area contributed by atoms with Gasteiger partial charge in [-0.2, -0.15) is 0 Å². The Balaban J connectivity index is 1.42. The van der Waals surface area contributed by atoms with E-state index >= 15 is 0 Å². The molecule has 7 nitrogen and oxygen atoms in total. The van der Waals surface area contributed by atoms with Crippen LogP contribution in [-0.2, 0) is 4.74 Å². The fourth-order valence-electron chi connectivity index (χ4n) is 3.51. The van der Waals surface area contributed by atoms with Crippen molar-refractivity contribution >= 4 is 11.9 Å². The summed E-state index contributed by atoms with van der Waals surface area (Å²) in [7, 11) is 0. The summed E-state index contributed by atoms with van der Waals surface area (Å²) < 4.78 is 19.0. The quantitative estimate of drug-likeness (QED) is 0.917. The molecule has 0 radical (unpaired) electrons. The van der Waals surface area contributed by atoms with Crippen LogP contribution in [-0.4, -0.2) is 51.3 Å². The van der Waals surface area contributed by atoms with Crippen LogP contribution in [0.2, 0.25) is 0 Å². The van der Waals surface area contributed by atoms with Gasteiger partial charge in [-0.3, -0.25) is 0 Å². The van der Waals surface area contributed by atoms with E-state index in [0.717, 1.165) is 50.7 Å². The van der Waals surface area contributed by atoms with Crippen molar-refractivity contribution in [3.05, 3.63) is 36.7 Å². The first-order chi connectivity index (χ1) is 11.7. The molecular weight excluding hydrogens is 311 g/mol. The third-order valence-electron chi connectivity index (χ3n) is 4.54. The monoisotopic (exact) mass is 330 g/mol. The molecule has 1 spiro atoms. The number of piperidine rings is 1. The third kappa shape index (κ3) is 3.14. The summed E-state index contributed by atoms with van der Waals surface area (Å²) in [5.74, 6) is 0.741. The average Bonchev–Trinajstić information content (AvgIpc) is 2.99. The fraction of sp³-hybridized carbons (Fsp3) is 0.500. The molecule has 2 fully saturated rings. The summed E-state index contributed by atoms with van der Waals surface area (Å²) in [6, 6.07) is 1.94. The Bertz CT molecular complexity index is 685. The molecule has 2 aliphatic rings. The lowest BCUT2D eigenvalue weighted by molar-refractivity contribution is -0.00668. The fourth-order valence-corrected chi connectivity index (χ4v) is 3.51. The van der Waals surface area contributed by atoms with E-state index in [0.29, 0.717) is 12.6 Å². The lowest BCUT2D eigenvalue weighted by Gasteiger charge is -2.39. The zero-order valence-corrected chi connectivity index (χ0v) is 13.2. The topological polar surface area (TPSA) is 76.1 Å². The van der Waals surface area contributed by atoms with Crippen LogP contribution in [0.4, 0.5) is 16.3 Å². The van der Waals surface area contributed by atoms with Crippen molar-refractivity contribution < 1.29 is 9.13 Å². The number of nitrogens with one attached hydrogen (secondary N) is 1. The summed E-state index contributed by atoms with van der Waals surface area (Å²) in [4.78, 5) is 18.8. The van der Waals surface area contributed by atoms with Crippen molar-refractivity contribution in [2.45, 2.75) is 30.9 Å². The van der Waals surface area contributed by atoms with Gasteiger partial charge in [0.05, 0.1) is 30.6 Å². The zero-order valence-electron chi connectivity index (χ0n) is 13.2. The molecule has 4 rings (SSSR count). The van der Waals surface area contributed by atoms with Gasteiger partial charge in [0.1, 0.15) is 0 Å². The molecule has 2 atom stereocenters. The highest BCUT2D eigenvalue weighted by molar-refractivity contribution is 5.32. The molecule has 2 aromatic rings. The first kappa shape index (κ1) is 15.2. The van der Waals surface area contributed by atoms with Gasteiger partial charge < -0.3 is 15.0 Å². The van der Waals surface area contributed by atoms with E-state index in [1.165, 1.54) is 0 Å². The van der Waals surface area contributed by atoms with Crippen LogP contribution in [0.15, 0.2) is 30.9 Å². The highest BCUT2D eigenvalue weighted by Crippen LogP contribution is 2.36. The summed E-state index contributed by atoms with van der Waals surface area (Å²) >= 11 is 0. The number of hydrogen-bond donors (Lipinski definition) is 1. The van der Waals surface area contributed by atoms with Crippen molar-refractivity contribution in [3.63, 3.8) is 0 Å². The Hall–Kier alpha value is -2.35. The number of rotatable bonds is 3. The average molecular weight is 330 g/mol. The van der Waals surface area contributed by atoms with Crippen molar-refractivity contribution in [3.8, 4) is 0 Å². The minimum Gasteiger partial charge on any atom is -0.371 e. The maximum atomic E-state index is 12.9. The van der Waals surface area contributed by atoms with Gasteiger partial charge in [-0.25, -0.2) is 24.3 Å². The number of nitrogens with zero attached hydrogens (tertiary/aromatic N) is 5. The Morgan fingerprint density at radius 3 is 2.79 bits per heavy atom. The Morgan fingerprint density at radius 1 is 1.21 bits per heavy atom. The predicted molar refractivity (Wildman–Crippen MR) is 86.2 cm³/mol. The zero-order chi connectivity index (χ0) is 16.4. The first-order valence-electron chi connectivity index (χ1n) is 8.12. The van der Waals surface area contributed by atoms with Crippen LogP contribution in [0.1, 0.15) is 19.3 Å². The molecule has 2 aliphatic heterocycles. The predicted octanol–water partition coefficient (Wildman–Crippen LogP) is 1.65. The molecule has 0 amide bonds. The minimum atomic E-state index is -0.439. The van der Waals surface area contributed by atoms with Crippen LogP contribution in [0.25, 0.3) is 0 Å². The van der Waals surface area contributed by atoms with Crippen LogP contribution in [0.5, 0.6) is 0 Å². The van der Waals surface area contributed by atoms with E-state index in [1.807, 2.05) is 6.07 Å². The van der Waals surface area contributed by atoms with Crippen molar-refractivity contribution in [1.29, 1.82) is 0 Å². The van der Waals surface area contributed by atoms with Gasteiger partial charge in [-0.05, 0) is 18.9 Å². The highest BCUT2D eigenvalue weighted by atomic mass is 19.1. The Kier molecular flexibility index (Phi) is 3.97. The third-order valence-corrected chi connectivity index (χ3v) is 4.54. The number of anilines is 2. The lowest BCUT2D eigenvalue weighted by Crippen LogP contribution is -2.48. The normalized spacial score (nSPS) is 26.7. The summed E-state index contributed by atoms with van der Waals surface area (Å²) in [6.07, 6.45) is 8.75. The Labute approximate surface area is 139 Å². The molecule has 0 bridgehead atoms. The second-order valence-electron chi connectivity index (χ2n) is 6.34. The van der Waals surface area contributed by atoms with Crippen LogP contribution in [0.3, 0.4) is 0 Å². The lowest BCUT2D eigenvalue weighted by atomic mass is 9.89. The molecule has 0 unspecified atom stereocenters. The standard InChI is InChI=1S/C16H19FN6O/c17-12-8-20-14(21-9-12)22-13-7-16(24-10-13)3-1-6-23(11-16)15-18-4-2-5-19-15/h2,4-5,8-9,13H,1,3,6-7,10-11H2,(H,20,21,22)/t13-,16-/m1/s1. The van der Waals surface area contributed by atoms with Gasteiger partial charge in [0.2, 0.25) is 11.9 Å². The molecule has 126 valence electrons. The molecule has 0 aliphatic carbocycles. The summed E-state index contributed by atoms with van der Waals surface area (Å²) in [5.41, 5.74) is -0.199. The number of aromatic nitrogens is 4. The van der Waals surface area contributed by atoms with Crippen molar-refractivity contribution in [2.75, 3.05) is 29.9 Å². The minimum absolute atomic E-state index is 0.118. The summed E-state index contributed by atoms with van der Waals surface area (Å²) in [6.45, 7) is 2.30. The van der Waals surface area contributed by atoms with E-state index < -0.39 is 5.82 Å². The maximum Gasteiger partial charge on any atom is 0.225 e. The van der Waals surface area contributed by atoms with Crippen LogP contribution >= 0.6 is 0 Å². The van der Waals surface area contributed by atoms with Gasteiger partial charge in [0, 0.05) is 31.9 Å². The van der Waals surface area contributed by atoms with Crippen molar-refractivity contribution in [2.24, 2.45) is 0 Å². The van der Waals surface area contributed by atoms with Gasteiger partial charge >= 0.3 is 0 Å². The molecule has 0 saturated carbocycles. The molecule has 1 N–H and O–H groups in total. The number of halogens is 1. The van der Waals surface area contributed by atoms with E-state index in [1.54, 1.807) is 12.4 Å². The van der Waals surface area contributed by atoms with E-state index in [2.05, 4.69) is 30.2 Å². The molecule has 2 aromatic heterocycles. The molecule has 2 saturated heterocycles. The van der Waals surface area contributed by atoms with Crippen LogP contribution in [0, 0.1) is 5.82 Å². The van der Waals surface area contributed by atoms with Gasteiger partial charge in [-0.15, -0.1) is 0 Å². The van der Waals surface area contributed by atoms with Gasteiger partial charge in [0.15, 0.2) is 5.82 Å². The maximum absolute atomic E-state index is 12.9. The number of ether oxygens (including phenoxy) is 1. The highest BCUT2D eigenvalue weighted by Gasteiger charge is 2.44.